The lowest BCUT2D eigenvalue weighted by Gasteiger charge is -2.05. The average Bonchev–Trinajstić information content (AvgIpc) is 3.20. The molecule has 3 rings (SSSR count). The Bertz CT molecular complexity index is 1270. The van der Waals surface area contributed by atoms with Crippen molar-refractivity contribution >= 4 is 31.6 Å². The third-order valence-corrected chi connectivity index (χ3v) is 8.15. The fourth-order valence-corrected chi connectivity index (χ4v) is 5.40. The normalized spacial score (nSPS) is 11.9. The summed E-state index contributed by atoms with van der Waals surface area (Å²) in [4.78, 5) is 12.5. The van der Waals surface area contributed by atoms with Gasteiger partial charge in [-0.15, -0.1) is 5.10 Å². The molecule has 0 saturated carbocycles. The summed E-state index contributed by atoms with van der Waals surface area (Å²) in [6.07, 6.45) is 0.0679. The van der Waals surface area contributed by atoms with Gasteiger partial charge in [0.15, 0.2) is 19.7 Å². The zero-order valence-electron chi connectivity index (χ0n) is 17.4. The highest BCUT2D eigenvalue weighted by molar-refractivity contribution is 7.91. The van der Waals surface area contributed by atoms with Gasteiger partial charge in [-0.1, -0.05) is 41.0 Å². The second kappa shape index (κ2) is 10.0. The SMILES string of the molecule is Cc1ccc(S(=O)(=O)CCCC(=O)Nc2nnc(CCS(=O)(=O)c3ccccc3)o2)cc1. The minimum Gasteiger partial charge on any atom is -0.408 e. The number of carbonyl (C=O) groups excluding carboxylic acids is 1. The van der Waals surface area contributed by atoms with Gasteiger partial charge in [-0.25, -0.2) is 16.8 Å². The number of nitrogens with one attached hydrogen (secondary N) is 1. The molecule has 1 heterocycles. The summed E-state index contributed by atoms with van der Waals surface area (Å²) >= 11 is 0. The van der Waals surface area contributed by atoms with Gasteiger partial charge in [0.1, 0.15) is 0 Å². The summed E-state index contributed by atoms with van der Waals surface area (Å²) in [7, 11) is -6.97. The monoisotopic (exact) mass is 477 g/mol. The molecule has 0 saturated heterocycles. The molecule has 0 unspecified atom stereocenters. The smallest absolute Gasteiger partial charge is 0.322 e. The Labute approximate surface area is 186 Å². The second-order valence-electron chi connectivity index (χ2n) is 7.17. The molecule has 3 aromatic rings. The molecule has 0 atom stereocenters. The molecule has 2 aromatic carbocycles. The van der Waals surface area contributed by atoms with Gasteiger partial charge in [0, 0.05) is 12.8 Å². The van der Waals surface area contributed by atoms with Crippen LogP contribution in [0, 0.1) is 6.92 Å². The Hall–Kier alpha value is -3.05. The quantitative estimate of drug-likeness (QED) is 0.470. The molecule has 0 bridgehead atoms. The summed E-state index contributed by atoms with van der Waals surface area (Å²) in [5.41, 5.74) is 0.958. The zero-order chi connectivity index (χ0) is 23.2. The van der Waals surface area contributed by atoms with E-state index in [-0.39, 0.29) is 52.5 Å². The summed E-state index contributed by atoms with van der Waals surface area (Å²) in [5.74, 6) is -0.794. The number of benzene rings is 2. The number of amides is 1. The highest BCUT2D eigenvalue weighted by atomic mass is 32.2. The zero-order valence-corrected chi connectivity index (χ0v) is 19.0. The fraction of sp³-hybridized carbons (Fsp3) is 0.286. The van der Waals surface area contributed by atoms with E-state index in [0.29, 0.717) is 0 Å². The molecule has 0 fully saturated rings. The maximum absolute atomic E-state index is 12.3. The molecule has 0 aliphatic carbocycles. The van der Waals surface area contributed by atoms with Crippen LogP contribution in [0.5, 0.6) is 0 Å². The maximum Gasteiger partial charge on any atom is 0.322 e. The van der Waals surface area contributed by atoms with Crippen LogP contribution in [0.3, 0.4) is 0 Å². The third-order valence-electron chi connectivity index (χ3n) is 4.60. The van der Waals surface area contributed by atoms with Gasteiger partial charge in [-0.05, 0) is 37.6 Å². The predicted molar refractivity (Wildman–Crippen MR) is 118 cm³/mol. The molecule has 0 aliphatic heterocycles. The van der Waals surface area contributed by atoms with Crippen LogP contribution in [0.1, 0.15) is 24.3 Å². The van der Waals surface area contributed by atoms with Crippen molar-refractivity contribution in [2.45, 2.75) is 36.0 Å². The number of hydrogen-bond acceptors (Lipinski definition) is 8. The fourth-order valence-electron chi connectivity index (χ4n) is 2.84. The second-order valence-corrected chi connectivity index (χ2v) is 11.4. The Morgan fingerprint density at radius 1 is 0.875 bits per heavy atom. The Balaban J connectivity index is 1.47. The summed E-state index contributed by atoms with van der Waals surface area (Å²) in [6, 6.07) is 14.4. The van der Waals surface area contributed by atoms with Gasteiger partial charge in [0.2, 0.25) is 11.8 Å². The first-order chi connectivity index (χ1) is 15.2. The molecule has 170 valence electrons. The average molecular weight is 478 g/mol. The van der Waals surface area contributed by atoms with Gasteiger partial charge < -0.3 is 4.42 Å². The van der Waals surface area contributed by atoms with E-state index in [1.54, 1.807) is 42.5 Å². The number of aryl methyl sites for hydroxylation is 2. The van der Waals surface area contributed by atoms with E-state index in [1.807, 2.05) is 6.92 Å². The summed E-state index contributed by atoms with van der Waals surface area (Å²) < 4.78 is 54.5. The van der Waals surface area contributed by atoms with Crippen molar-refractivity contribution in [3.05, 3.63) is 66.1 Å². The highest BCUT2D eigenvalue weighted by Gasteiger charge is 2.18. The molecule has 0 aliphatic rings. The van der Waals surface area contributed by atoms with Crippen LogP contribution in [0.25, 0.3) is 0 Å². The minimum absolute atomic E-state index is 0.00507. The van der Waals surface area contributed by atoms with E-state index in [0.717, 1.165) is 5.56 Å². The number of sulfone groups is 2. The number of aromatic nitrogens is 2. The molecular formula is C21H23N3O6S2. The highest BCUT2D eigenvalue weighted by Crippen LogP contribution is 2.15. The largest absolute Gasteiger partial charge is 0.408 e. The number of carbonyl (C=O) groups is 1. The lowest BCUT2D eigenvalue weighted by atomic mass is 10.2. The Morgan fingerprint density at radius 3 is 2.19 bits per heavy atom. The van der Waals surface area contributed by atoms with E-state index < -0.39 is 25.6 Å². The number of nitrogens with zero attached hydrogens (tertiary/aromatic N) is 2. The molecule has 1 N–H and O–H groups in total. The van der Waals surface area contributed by atoms with Crippen molar-refractivity contribution in [3.63, 3.8) is 0 Å². The van der Waals surface area contributed by atoms with Crippen molar-refractivity contribution in [3.8, 4) is 0 Å². The molecule has 9 nitrogen and oxygen atoms in total. The van der Waals surface area contributed by atoms with Crippen LogP contribution in [0.4, 0.5) is 6.01 Å². The molecule has 0 spiro atoms. The first-order valence-corrected chi connectivity index (χ1v) is 13.2. The lowest BCUT2D eigenvalue weighted by molar-refractivity contribution is -0.116. The first-order valence-electron chi connectivity index (χ1n) is 9.85. The van der Waals surface area contributed by atoms with Crippen LogP contribution < -0.4 is 5.32 Å². The Morgan fingerprint density at radius 2 is 1.50 bits per heavy atom. The third kappa shape index (κ3) is 6.47. The van der Waals surface area contributed by atoms with Gasteiger partial charge >= 0.3 is 6.01 Å². The molecule has 0 radical (unpaired) electrons. The van der Waals surface area contributed by atoms with Crippen molar-refractivity contribution in [1.29, 1.82) is 0 Å². The molecule has 11 heteroatoms. The number of anilines is 1. The van der Waals surface area contributed by atoms with Crippen molar-refractivity contribution in [2.75, 3.05) is 16.8 Å². The lowest BCUT2D eigenvalue weighted by Crippen LogP contribution is -2.14. The number of rotatable bonds is 10. The summed E-state index contributed by atoms with van der Waals surface area (Å²) in [5, 5.41) is 9.82. The molecule has 1 amide bonds. The van der Waals surface area contributed by atoms with Gasteiger partial charge in [0.05, 0.1) is 21.3 Å². The number of hydrogen-bond donors (Lipinski definition) is 1. The molecule has 1 aromatic heterocycles. The Kier molecular flexibility index (Phi) is 7.41. The van der Waals surface area contributed by atoms with E-state index in [4.69, 9.17) is 4.42 Å². The van der Waals surface area contributed by atoms with Crippen LogP contribution in [0.15, 0.2) is 68.8 Å². The van der Waals surface area contributed by atoms with E-state index in [1.165, 1.54) is 12.1 Å². The van der Waals surface area contributed by atoms with Gasteiger partial charge in [-0.3, -0.25) is 10.1 Å². The van der Waals surface area contributed by atoms with E-state index in [2.05, 4.69) is 15.5 Å². The van der Waals surface area contributed by atoms with Crippen molar-refractivity contribution < 1.29 is 26.0 Å². The standard InChI is InChI=1S/C21H23N3O6S2/c1-16-9-11-18(12-10-16)31(26,27)14-5-8-19(25)22-21-24-23-20(30-21)13-15-32(28,29)17-6-3-2-4-7-17/h2-4,6-7,9-12H,5,8,13-15H2,1H3,(H,22,24,25). The van der Waals surface area contributed by atoms with Crippen molar-refractivity contribution in [1.82, 2.24) is 10.2 Å². The van der Waals surface area contributed by atoms with Crippen LogP contribution >= 0.6 is 0 Å². The summed E-state index contributed by atoms with van der Waals surface area (Å²) in [6.45, 7) is 1.87. The van der Waals surface area contributed by atoms with Crippen LogP contribution in [-0.4, -0.2) is 44.4 Å². The van der Waals surface area contributed by atoms with Crippen LogP contribution in [0.2, 0.25) is 0 Å². The van der Waals surface area contributed by atoms with Crippen molar-refractivity contribution in [2.24, 2.45) is 0 Å². The predicted octanol–water partition coefficient (Wildman–Crippen LogP) is 2.59. The molecular weight excluding hydrogens is 454 g/mol. The topological polar surface area (TPSA) is 136 Å². The maximum atomic E-state index is 12.3. The van der Waals surface area contributed by atoms with E-state index in [9.17, 15) is 21.6 Å². The first kappa shape index (κ1) is 23.6. The van der Waals surface area contributed by atoms with Gasteiger partial charge in [-0.2, -0.15) is 0 Å². The molecule has 32 heavy (non-hydrogen) atoms. The minimum atomic E-state index is -3.50. The van der Waals surface area contributed by atoms with E-state index >= 15 is 0 Å². The van der Waals surface area contributed by atoms with Gasteiger partial charge in [0.25, 0.3) is 0 Å². The van der Waals surface area contributed by atoms with Crippen LogP contribution in [-0.2, 0) is 30.9 Å².